The second kappa shape index (κ2) is 7.06. The molecule has 0 bridgehead atoms. The molecule has 0 heterocycles. The average Bonchev–Trinajstić information content (AvgIpc) is 2.04. The Labute approximate surface area is 73.5 Å². The summed E-state index contributed by atoms with van der Waals surface area (Å²) in [4.78, 5) is 11.0. The number of nitrogens with one attached hydrogen (secondary N) is 1. The number of hydrogen-bond acceptors (Lipinski definition) is 3. The Balaban J connectivity index is 3.61. The molecule has 1 atom stereocenters. The molecule has 12 heavy (non-hydrogen) atoms. The van der Waals surface area contributed by atoms with Gasteiger partial charge in [0.2, 0.25) is 5.91 Å². The first-order valence-corrected chi connectivity index (χ1v) is 4.23. The fourth-order valence-electron chi connectivity index (χ4n) is 0.894. The fourth-order valence-corrected chi connectivity index (χ4v) is 0.894. The minimum absolute atomic E-state index is 0.00130. The number of amides is 1. The van der Waals surface area contributed by atoms with Crippen LogP contribution in [0.5, 0.6) is 0 Å². The van der Waals surface area contributed by atoms with Gasteiger partial charge in [0.15, 0.2) is 0 Å². The summed E-state index contributed by atoms with van der Waals surface area (Å²) in [5.74, 6) is 0.00130. The van der Waals surface area contributed by atoms with Gasteiger partial charge in [0.1, 0.15) is 0 Å². The highest BCUT2D eigenvalue weighted by Gasteiger charge is 2.08. The van der Waals surface area contributed by atoms with Gasteiger partial charge in [-0.3, -0.25) is 4.79 Å². The molecule has 1 amide bonds. The lowest BCUT2D eigenvalue weighted by Gasteiger charge is -2.15. The molecule has 1 unspecified atom stereocenters. The zero-order valence-electron chi connectivity index (χ0n) is 7.80. The maximum absolute atomic E-state index is 11.0. The minimum atomic E-state index is 0.00130. The molecule has 3 N–H and O–H groups in total. The monoisotopic (exact) mass is 174 g/mol. The Morgan fingerprint density at radius 1 is 1.67 bits per heavy atom. The molecule has 0 aromatic heterocycles. The van der Waals surface area contributed by atoms with Crippen molar-refractivity contribution in [2.45, 2.75) is 25.8 Å². The third-order valence-electron chi connectivity index (χ3n) is 1.60. The van der Waals surface area contributed by atoms with Gasteiger partial charge in [0.25, 0.3) is 0 Å². The van der Waals surface area contributed by atoms with E-state index in [-0.39, 0.29) is 11.9 Å². The van der Waals surface area contributed by atoms with Gasteiger partial charge in [0, 0.05) is 20.1 Å². The summed E-state index contributed by atoms with van der Waals surface area (Å²) in [5.41, 5.74) is 5.23. The molecule has 0 radical (unpaired) electrons. The molecule has 0 aliphatic rings. The Kier molecular flexibility index (Phi) is 6.70. The van der Waals surface area contributed by atoms with E-state index >= 15 is 0 Å². The van der Waals surface area contributed by atoms with E-state index in [2.05, 4.69) is 5.32 Å². The van der Waals surface area contributed by atoms with Crippen LogP contribution in [0.15, 0.2) is 0 Å². The van der Waals surface area contributed by atoms with E-state index in [9.17, 15) is 4.79 Å². The SMILES string of the molecule is CCC(COC)NC(=O)CCN. The van der Waals surface area contributed by atoms with Gasteiger partial charge in [-0.05, 0) is 6.42 Å². The summed E-state index contributed by atoms with van der Waals surface area (Å²) >= 11 is 0. The standard InChI is InChI=1S/C8H18N2O2/c1-3-7(6-12-2)10-8(11)4-5-9/h7H,3-6,9H2,1-2H3,(H,10,11). The summed E-state index contributed by atoms with van der Waals surface area (Å²) in [7, 11) is 1.62. The number of ether oxygens (including phenoxy) is 1. The molecule has 4 nitrogen and oxygen atoms in total. The zero-order chi connectivity index (χ0) is 9.40. The van der Waals surface area contributed by atoms with Crippen LogP contribution in [0.4, 0.5) is 0 Å². The van der Waals surface area contributed by atoms with E-state index in [1.165, 1.54) is 0 Å². The quantitative estimate of drug-likeness (QED) is 0.590. The predicted molar refractivity (Wildman–Crippen MR) is 47.8 cm³/mol. The van der Waals surface area contributed by atoms with Crippen LogP contribution in [0.25, 0.3) is 0 Å². The number of hydrogen-bond donors (Lipinski definition) is 2. The van der Waals surface area contributed by atoms with Crippen molar-refractivity contribution in [1.82, 2.24) is 5.32 Å². The van der Waals surface area contributed by atoms with Crippen molar-refractivity contribution in [3.05, 3.63) is 0 Å². The van der Waals surface area contributed by atoms with Crippen molar-refractivity contribution in [3.63, 3.8) is 0 Å². The van der Waals surface area contributed by atoms with Gasteiger partial charge in [-0.15, -0.1) is 0 Å². The van der Waals surface area contributed by atoms with Gasteiger partial charge in [-0.25, -0.2) is 0 Å². The zero-order valence-corrected chi connectivity index (χ0v) is 7.80. The van der Waals surface area contributed by atoms with Crippen molar-refractivity contribution in [2.24, 2.45) is 5.73 Å². The molecule has 4 heteroatoms. The van der Waals surface area contributed by atoms with E-state index in [0.29, 0.717) is 19.6 Å². The highest BCUT2D eigenvalue weighted by molar-refractivity contribution is 5.76. The molecule has 0 aromatic rings. The summed E-state index contributed by atoms with van der Waals surface area (Å²) in [6.07, 6.45) is 1.27. The van der Waals surface area contributed by atoms with Crippen LogP contribution in [0, 0.1) is 0 Å². The molecule has 72 valence electrons. The van der Waals surface area contributed by atoms with Gasteiger partial charge < -0.3 is 15.8 Å². The second-order valence-electron chi connectivity index (χ2n) is 2.67. The van der Waals surface area contributed by atoms with E-state index in [1.807, 2.05) is 6.92 Å². The van der Waals surface area contributed by atoms with E-state index in [1.54, 1.807) is 7.11 Å². The summed E-state index contributed by atoms with van der Waals surface area (Å²) in [5, 5.41) is 2.82. The lowest BCUT2D eigenvalue weighted by atomic mass is 10.2. The normalized spacial score (nSPS) is 12.6. The maximum atomic E-state index is 11.0. The number of nitrogens with two attached hydrogens (primary N) is 1. The Morgan fingerprint density at radius 3 is 2.75 bits per heavy atom. The molecular weight excluding hydrogens is 156 g/mol. The Bertz CT molecular complexity index is 128. The molecule has 0 saturated carbocycles. The van der Waals surface area contributed by atoms with Gasteiger partial charge in [-0.1, -0.05) is 6.92 Å². The van der Waals surface area contributed by atoms with Crippen LogP contribution in [-0.4, -0.2) is 32.2 Å². The number of carbonyl (C=O) groups is 1. The van der Waals surface area contributed by atoms with Crippen molar-refractivity contribution < 1.29 is 9.53 Å². The molecule has 0 aliphatic heterocycles. The van der Waals surface area contributed by atoms with E-state index < -0.39 is 0 Å². The number of rotatable bonds is 6. The number of carbonyl (C=O) groups excluding carboxylic acids is 1. The van der Waals surface area contributed by atoms with E-state index in [4.69, 9.17) is 10.5 Å². The minimum Gasteiger partial charge on any atom is -0.383 e. The van der Waals surface area contributed by atoms with Crippen LogP contribution in [0.1, 0.15) is 19.8 Å². The molecule has 0 spiro atoms. The topological polar surface area (TPSA) is 64.3 Å². The van der Waals surface area contributed by atoms with Crippen LogP contribution < -0.4 is 11.1 Å². The molecular formula is C8H18N2O2. The lowest BCUT2D eigenvalue weighted by Crippen LogP contribution is -2.38. The lowest BCUT2D eigenvalue weighted by molar-refractivity contribution is -0.122. The Morgan fingerprint density at radius 2 is 2.33 bits per heavy atom. The van der Waals surface area contributed by atoms with Gasteiger partial charge in [0.05, 0.1) is 12.6 Å². The molecule has 0 fully saturated rings. The molecule has 0 aliphatic carbocycles. The van der Waals surface area contributed by atoms with Crippen molar-refractivity contribution in [3.8, 4) is 0 Å². The van der Waals surface area contributed by atoms with Crippen LogP contribution in [0.3, 0.4) is 0 Å². The third kappa shape index (κ3) is 5.09. The van der Waals surface area contributed by atoms with Crippen molar-refractivity contribution >= 4 is 5.91 Å². The first-order valence-electron chi connectivity index (χ1n) is 4.23. The fraction of sp³-hybridized carbons (Fsp3) is 0.875. The Hall–Kier alpha value is -0.610. The van der Waals surface area contributed by atoms with Crippen molar-refractivity contribution in [2.75, 3.05) is 20.3 Å². The predicted octanol–water partition coefficient (Wildman–Crippen LogP) is -0.124. The smallest absolute Gasteiger partial charge is 0.221 e. The van der Waals surface area contributed by atoms with Crippen LogP contribution in [0.2, 0.25) is 0 Å². The molecule has 0 aromatic carbocycles. The van der Waals surface area contributed by atoms with Gasteiger partial charge >= 0.3 is 0 Å². The van der Waals surface area contributed by atoms with E-state index in [0.717, 1.165) is 6.42 Å². The maximum Gasteiger partial charge on any atom is 0.221 e. The largest absolute Gasteiger partial charge is 0.383 e. The highest BCUT2D eigenvalue weighted by Crippen LogP contribution is 1.91. The first kappa shape index (κ1) is 11.4. The second-order valence-corrected chi connectivity index (χ2v) is 2.67. The van der Waals surface area contributed by atoms with Crippen molar-refractivity contribution in [1.29, 1.82) is 0 Å². The van der Waals surface area contributed by atoms with Gasteiger partial charge in [-0.2, -0.15) is 0 Å². The summed E-state index contributed by atoms with van der Waals surface area (Å²) < 4.78 is 4.93. The number of methoxy groups -OCH3 is 1. The molecule has 0 saturated heterocycles. The van der Waals surface area contributed by atoms with Crippen LogP contribution >= 0.6 is 0 Å². The highest BCUT2D eigenvalue weighted by atomic mass is 16.5. The summed E-state index contributed by atoms with van der Waals surface area (Å²) in [6.45, 7) is 2.97. The first-order chi connectivity index (χ1) is 5.74. The molecule has 0 rings (SSSR count). The third-order valence-corrected chi connectivity index (χ3v) is 1.60. The average molecular weight is 174 g/mol. The van der Waals surface area contributed by atoms with Crippen LogP contribution in [-0.2, 0) is 9.53 Å². The summed E-state index contributed by atoms with van der Waals surface area (Å²) in [6, 6.07) is 0.119.